The van der Waals surface area contributed by atoms with Crippen LogP contribution in [0.25, 0.3) is 0 Å². The van der Waals surface area contributed by atoms with E-state index < -0.39 is 12.1 Å². The molecule has 90 valence electrons. The van der Waals surface area contributed by atoms with Crippen LogP contribution in [-0.2, 0) is 11.2 Å². The van der Waals surface area contributed by atoms with E-state index in [0.29, 0.717) is 18.5 Å². The van der Waals surface area contributed by atoms with Gasteiger partial charge in [-0.1, -0.05) is 0 Å². The van der Waals surface area contributed by atoms with Crippen molar-refractivity contribution in [2.75, 3.05) is 11.9 Å². The first kappa shape index (κ1) is 11.6. The lowest BCUT2D eigenvalue weighted by atomic mass is 10.1. The van der Waals surface area contributed by atoms with E-state index in [4.69, 9.17) is 0 Å². The van der Waals surface area contributed by atoms with Gasteiger partial charge in [-0.15, -0.1) is 0 Å². The van der Waals surface area contributed by atoms with Crippen molar-refractivity contribution in [2.24, 2.45) is 4.99 Å². The molecule has 17 heavy (non-hydrogen) atoms. The second-order valence-electron chi connectivity index (χ2n) is 3.50. The number of hydrogen-bond acceptors (Lipinski definition) is 3. The number of nitrogens with zero attached hydrogens (tertiary/aromatic N) is 2. The van der Waals surface area contributed by atoms with Crippen molar-refractivity contribution in [1.82, 2.24) is 4.98 Å². The first-order chi connectivity index (χ1) is 7.97. The van der Waals surface area contributed by atoms with E-state index in [2.05, 4.69) is 9.98 Å². The number of nitrogens with one attached hydrogen (secondary N) is 1. The summed E-state index contributed by atoms with van der Waals surface area (Å²) in [5, 5.41) is 1.74. The van der Waals surface area contributed by atoms with Crippen molar-refractivity contribution in [3.8, 4) is 0 Å². The van der Waals surface area contributed by atoms with Crippen molar-refractivity contribution >= 4 is 17.8 Å². The molecule has 2 heterocycles. The average Bonchev–Trinajstić information content (AvgIpc) is 2.27. The van der Waals surface area contributed by atoms with Crippen LogP contribution in [0, 0.1) is 0 Å². The molecule has 0 aliphatic carbocycles. The maximum absolute atomic E-state index is 12.0. The van der Waals surface area contributed by atoms with Gasteiger partial charge in [0.25, 0.3) is 0 Å². The molecule has 4 nitrogen and oxygen atoms in total. The van der Waals surface area contributed by atoms with Gasteiger partial charge in [0.05, 0.1) is 17.6 Å². The highest BCUT2D eigenvalue weighted by Gasteiger charge is 2.38. The maximum Gasteiger partial charge on any atom is 0.471 e. The molecular formula is C10H8F3N3O. The van der Waals surface area contributed by atoms with E-state index in [1.54, 1.807) is 5.32 Å². The number of rotatable bonds is 1. The number of aliphatic imine (C=N–C) groups is 1. The number of amides is 1. The van der Waals surface area contributed by atoms with Gasteiger partial charge in [0, 0.05) is 24.7 Å². The number of pyridine rings is 1. The molecule has 1 aliphatic rings. The minimum Gasteiger partial charge on any atom is -0.317 e. The Bertz CT molecular complexity index is 482. The standard InChI is InChI=1S/C10H8F3N3O/c11-10(12,13)9(17)16-7-3-6-4-14-2-1-8(6)15-5-7/h3-5H,1-2H2,(H,16,17). The molecule has 0 fully saturated rings. The molecule has 1 N–H and O–H groups in total. The van der Waals surface area contributed by atoms with E-state index in [9.17, 15) is 18.0 Å². The summed E-state index contributed by atoms with van der Waals surface area (Å²) in [4.78, 5) is 18.7. The number of carbonyl (C=O) groups excluding carboxylic acids is 1. The Hall–Kier alpha value is -1.92. The lowest BCUT2D eigenvalue weighted by Crippen LogP contribution is -2.30. The number of halogens is 3. The third-order valence-corrected chi connectivity index (χ3v) is 2.23. The van der Waals surface area contributed by atoms with Crippen molar-refractivity contribution in [3.05, 3.63) is 23.5 Å². The second-order valence-corrected chi connectivity index (χ2v) is 3.50. The molecule has 0 aromatic carbocycles. The molecule has 0 radical (unpaired) electrons. The summed E-state index contributed by atoms with van der Waals surface area (Å²) in [6, 6.07) is 1.43. The summed E-state index contributed by atoms with van der Waals surface area (Å²) in [5.74, 6) is -2.01. The van der Waals surface area contributed by atoms with Gasteiger partial charge in [0.1, 0.15) is 0 Å². The van der Waals surface area contributed by atoms with Crippen LogP contribution in [0.2, 0.25) is 0 Å². The van der Waals surface area contributed by atoms with Gasteiger partial charge in [0.2, 0.25) is 0 Å². The minimum atomic E-state index is -4.90. The van der Waals surface area contributed by atoms with Gasteiger partial charge >= 0.3 is 12.1 Å². The summed E-state index contributed by atoms with van der Waals surface area (Å²) < 4.78 is 36.0. The Morgan fingerprint density at radius 2 is 2.18 bits per heavy atom. The Morgan fingerprint density at radius 3 is 2.88 bits per heavy atom. The van der Waals surface area contributed by atoms with Crippen LogP contribution in [0.3, 0.4) is 0 Å². The Balaban J connectivity index is 2.19. The molecule has 1 aliphatic heterocycles. The Labute approximate surface area is 94.6 Å². The van der Waals surface area contributed by atoms with Crippen LogP contribution in [0.15, 0.2) is 17.3 Å². The Kier molecular flexibility index (Phi) is 2.83. The molecule has 1 amide bonds. The fraction of sp³-hybridized carbons (Fsp3) is 0.300. The summed E-state index contributed by atoms with van der Waals surface area (Å²) in [5.41, 5.74) is 1.42. The maximum atomic E-state index is 12.0. The summed E-state index contributed by atoms with van der Waals surface area (Å²) >= 11 is 0. The van der Waals surface area contributed by atoms with E-state index in [1.165, 1.54) is 18.5 Å². The van der Waals surface area contributed by atoms with Gasteiger partial charge in [-0.2, -0.15) is 13.2 Å². The quantitative estimate of drug-likeness (QED) is 0.813. The highest BCUT2D eigenvalue weighted by Crippen LogP contribution is 2.19. The van der Waals surface area contributed by atoms with Crippen LogP contribution in [0.4, 0.5) is 18.9 Å². The monoisotopic (exact) mass is 243 g/mol. The lowest BCUT2D eigenvalue weighted by Gasteiger charge is -2.12. The van der Waals surface area contributed by atoms with Gasteiger partial charge < -0.3 is 5.32 Å². The van der Waals surface area contributed by atoms with Gasteiger partial charge in [-0.05, 0) is 6.07 Å². The van der Waals surface area contributed by atoms with Gasteiger partial charge in [-0.25, -0.2) is 0 Å². The molecule has 0 bridgehead atoms. The first-order valence-corrected chi connectivity index (χ1v) is 4.84. The smallest absolute Gasteiger partial charge is 0.317 e. The van der Waals surface area contributed by atoms with Crippen molar-refractivity contribution < 1.29 is 18.0 Å². The topological polar surface area (TPSA) is 54.4 Å². The molecule has 1 aromatic heterocycles. The van der Waals surface area contributed by atoms with Crippen molar-refractivity contribution in [2.45, 2.75) is 12.6 Å². The predicted octanol–water partition coefficient (Wildman–Crippen LogP) is 1.56. The van der Waals surface area contributed by atoms with Gasteiger partial charge in [0.15, 0.2) is 0 Å². The molecule has 0 spiro atoms. The molecule has 7 heteroatoms. The van der Waals surface area contributed by atoms with Crippen molar-refractivity contribution in [1.29, 1.82) is 0 Å². The summed E-state index contributed by atoms with van der Waals surface area (Å²) in [6.45, 7) is 0.619. The zero-order valence-electron chi connectivity index (χ0n) is 8.58. The van der Waals surface area contributed by atoms with E-state index in [-0.39, 0.29) is 5.69 Å². The SMILES string of the molecule is O=C(Nc1cnc2c(c1)C=NCC2)C(F)(F)F. The molecule has 2 rings (SSSR count). The summed E-state index contributed by atoms with van der Waals surface area (Å²) in [7, 11) is 0. The fourth-order valence-electron chi connectivity index (χ4n) is 1.43. The molecule has 0 atom stereocenters. The summed E-state index contributed by atoms with van der Waals surface area (Å²) in [6.07, 6.45) is -1.50. The fourth-order valence-corrected chi connectivity index (χ4v) is 1.43. The normalized spacial score (nSPS) is 14.3. The third kappa shape index (κ3) is 2.61. The third-order valence-electron chi connectivity index (χ3n) is 2.23. The molecular weight excluding hydrogens is 235 g/mol. The highest BCUT2D eigenvalue weighted by atomic mass is 19.4. The van der Waals surface area contributed by atoms with E-state index >= 15 is 0 Å². The number of aromatic nitrogens is 1. The van der Waals surface area contributed by atoms with Crippen LogP contribution >= 0.6 is 0 Å². The zero-order valence-corrected chi connectivity index (χ0v) is 8.58. The minimum absolute atomic E-state index is 0.0134. The van der Waals surface area contributed by atoms with Crippen LogP contribution in [0.1, 0.15) is 11.3 Å². The molecule has 0 unspecified atom stereocenters. The average molecular weight is 243 g/mol. The predicted molar refractivity (Wildman–Crippen MR) is 55.1 cm³/mol. The molecule has 1 aromatic rings. The zero-order chi connectivity index (χ0) is 12.5. The number of fused-ring (bicyclic) bond motifs is 1. The van der Waals surface area contributed by atoms with Crippen LogP contribution < -0.4 is 5.32 Å². The molecule has 0 saturated carbocycles. The second kappa shape index (κ2) is 4.15. The van der Waals surface area contributed by atoms with E-state index in [1.807, 2.05) is 0 Å². The first-order valence-electron chi connectivity index (χ1n) is 4.84. The van der Waals surface area contributed by atoms with Crippen molar-refractivity contribution in [3.63, 3.8) is 0 Å². The Morgan fingerprint density at radius 1 is 1.41 bits per heavy atom. The highest BCUT2D eigenvalue weighted by molar-refractivity contribution is 5.95. The number of hydrogen-bond donors (Lipinski definition) is 1. The number of carbonyl (C=O) groups is 1. The lowest BCUT2D eigenvalue weighted by molar-refractivity contribution is -0.167. The number of alkyl halides is 3. The van der Waals surface area contributed by atoms with Crippen LogP contribution in [0.5, 0.6) is 0 Å². The molecule has 0 saturated heterocycles. The van der Waals surface area contributed by atoms with E-state index in [0.717, 1.165) is 5.69 Å². The number of anilines is 1. The van der Waals surface area contributed by atoms with Gasteiger partial charge in [-0.3, -0.25) is 14.8 Å². The van der Waals surface area contributed by atoms with Crippen LogP contribution in [-0.4, -0.2) is 29.8 Å². The largest absolute Gasteiger partial charge is 0.471 e.